The smallest absolute Gasteiger partial charge is 0.239 e. The lowest BCUT2D eigenvalue weighted by molar-refractivity contribution is 0.586. The highest BCUT2D eigenvalue weighted by Gasteiger charge is 2.28. The summed E-state index contributed by atoms with van der Waals surface area (Å²) in [7, 11) is -3.39. The van der Waals surface area contributed by atoms with Crippen LogP contribution in [0.1, 0.15) is 17.5 Å². The van der Waals surface area contributed by atoms with Gasteiger partial charge in [-0.05, 0) is 36.1 Å². The number of nitrogen functional groups attached to an aromatic ring is 1. The Labute approximate surface area is 125 Å². The molecule has 21 heavy (non-hydrogen) atoms. The number of benzene rings is 2. The van der Waals surface area contributed by atoms with Crippen LogP contribution in [0.5, 0.6) is 0 Å². The molecule has 0 unspecified atom stereocenters. The maximum Gasteiger partial charge on any atom is 0.239 e. The zero-order valence-corrected chi connectivity index (χ0v) is 12.5. The van der Waals surface area contributed by atoms with Gasteiger partial charge in [0.1, 0.15) is 0 Å². The maximum absolute atomic E-state index is 12.7. The first-order valence-electron chi connectivity index (χ1n) is 6.99. The van der Waals surface area contributed by atoms with Crippen LogP contribution < -0.4 is 10.0 Å². The molecule has 0 aliphatic carbocycles. The third-order valence-electron chi connectivity index (χ3n) is 3.77. The number of anilines is 2. The minimum Gasteiger partial charge on any atom is -0.398 e. The molecule has 110 valence electrons. The maximum atomic E-state index is 12.7. The highest BCUT2D eigenvalue weighted by molar-refractivity contribution is 7.92. The van der Waals surface area contributed by atoms with Gasteiger partial charge in [0.25, 0.3) is 0 Å². The number of rotatable bonds is 3. The Morgan fingerprint density at radius 3 is 2.57 bits per heavy atom. The van der Waals surface area contributed by atoms with Crippen LogP contribution in [0, 0.1) is 0 Å². The monoisotopic (exact) mass is 302 g/mol. The molecular weight excluding hydrogens is 284 g/mol. The second-order valence-electron chi connectivity index (χ2n) is 5.26. The topological polar surface area (TPSA) is 63.4 Å². The predicted molar refractivity (Wildman–Crippen MR) is 85.6 cm³/mol. The van der Waals surface area contributed by atoms with Gasteiger partial charge in [-0.25, -0.2) is 8.42 Å². The van der Waals surface area contributed by atoms with E-state index < -0.39 is 10.0 Å². The van der Waals surface area contributed by atoms with Crippen LogP contribution in [-0.4, -0.2) is 15.0 Å². The normalized spacial score (nSPS) is 14.8. The minimum absolute atomic E-state index is 0.0160. The molecule has 0 radical (unpaired) electrons. The van der Waals surface area contributed by atoms with Crippen molar-refractivity contribution < 1.29 is 8.42 Å². The van der Waals surface area contributed by atoms with Crippen LogP contribution in [0.3, 0.4) is 0 Å². The molecule has 0 amide bonds. The molecule has 0 saturated carbocycles. The summed E-state index contributed by atoms with van der Waals surface area (Å²) < 4.78 is 26.9. The molecule has 1 aliphatic heterocycles. The summed E-state index contributed by atoms with van der Waals surface area (Å²) in [5, 5.41) is 0. The van der Waals surface area contributed by atoms with Crippen molar-refractivity contribution in [1.82, 2.24) is 0 Å². The summed E-state index contributed by atoms with van der Waals surface area (Å²) in [5.41, 5.74) is 9.13. The molecular formula is C16H18N2O2S. The van der Waals surface area contributed by atoms with Gasteiger partial charge in [0.05, 0.1) is 11.4 Å². The Balaban J connectivity index is 1.96. The Morgan fingerprint density at radius 1 is 1.05 bits per heavy atom. The van der Waals surface area contributed by atoms with E-state index in [2.05, 4.69) is 0 Å². The Morgan fingerprint density at radius 2 is 1.81 bits per heavy atom. The Kier molecular flexibility index (Phi) is 3.59. The molecule has 2 N–H and O–H groups in total. The fraction of sp³-hybridized carbons (Fsp3) is 0.250. The van der Waals surface area contributed by atoms with Crippen molar-refractivity contribution in [3.63, 3.8) is 0 Å². The molecule has 5 heteroatoms. The van der Waals surface area contributed by atoms with E-state index in [1.807, 2.05) is 48.5 Å². The van der Waals surface area contributed by atoms with Gasteiger partial charge in [0.15, 0.2) is 0 Å². The fourth-order valence-electron chi connectivity index (χ4n) is 2.77. The molecule has 1 aliphatic rings. The second kappa shape index (κ2) is 5.41. The lowest BCUT2D eigenvalue weighted by Crippen LogP contribution is -2.36. The molecule has 1 heterocycles. The van der Waals surface area contributed by atoms with E-state index in [1.54, 1.807) is 0 Å². The van der Waals surface area contributed by atoms with E-state index in [0.29, 0.717) is 12.2 Å². The van der Waals surface area contributed by atoms with Crippen molar-refractivity contribution in [2.45, 2.75) is 18.6 Å². The molecule has 0 aromatic heterocycles. The van der Waals surface area contributed by atoms with Crippen molar-refractivity contribution in [3.8, 4) is 0 Å². The third kappa shape index (κ3) is 2.74. The largest absolute Gasteiger partial charge is 0.398 e. The van der Waals surface area contributed by atoms with E-state index in [0.717, 1.165) is 29.7 Å². The first-order chi connectivity index (χ1) is 10.1. The van der Waals surface area contributed by atoms with Crippen LogP contribution in [0.15, 0.2) is 48.5 Å². The van der Waals surface area contributed by atoms with Gasteiger partial charge in [0, 0.05) is 12.2 Å². The number of hydrogen-bond donors (Lipinski definition) is 1. The van der Waals surface area contributed by atoms with E-state index in [4.69, 9.17) is 5.73 Å². The molecule has 4 nitrogen and oxygen atoms in total. The molecule has 0 saturated heterocycles. The zero-order valence-electron chi connectivity index (χ0n) is 11.7. The van der Waals surface area contributed by atoms with Crippen LogP contribution in [0.4, 0.5) is 11.4 Å². The van der Waals surface area contributed by atoms with Crippen molar-refractivity contribution in [1.29, 1.82) is 0 Å². The molecule has 0 fully saturated rings. The standard InChI is InChI=1S/C16H18N2O2S/c17-15-9-4-10-16-14(15)8-5-11-18(16)21(19,20)12-13-6-2-1-3-7-13/h1-4,6-7,9-10H,5,8,11-12,17H2. The number of fused-ring (bicyclic) bond motifs is 1. The van der Waals surface area contributed by atoms with Gasteiger partial charge >= 0.3 is 0 Å². The van der Waals surface area contributed by atoms with E-state index in [9.17, 15) is 8.42 Å². The summed E-state index contributed by atoms with van der Waals surface area (Å²) in [6, 6.07) is 14.7. The average molecular weight is 302 g/mol. The van der Waals surface area contributed by atoms with Crippen LogP contribution in [0.2, 0.25) is 0 Å². The Hall–Kier alpha value is -2.01. The quantitative estimate of drug-likeness (QED) is 0.886. The van der Waals surface area contributed by atoms with Gasteiger partial charge in [-0.2, -0.15) is 0 Å². The average Bonchev–Trinajstić information content (AvgIpc) is 2.48. The summed E-state index contributed by atoms with van der Waals surface area (Å²) >= 11 is 0. The number of hydrogen-bond acceptors (Lipinski definition) is 3. The summed E-state index contributed by atoms with van der Waals surface area (Å²) in [4.78, 5) is 0. The van der Waals surface area contributed by atoms with E-state index in [-0.39, 0.29) is 5.75 Å². The van der Waals surface area contributed by atoms with Gasteiger partial charge in [0.2, 0.25) is 10.0 Å². The van der Waals surface area contributed by atoms with E-state index in [1.165, 1.54) is 4.31 Å². The number of nitrogens with two attached hydrogens (primary N) is 1. The number of nitrogens with zero attached hydrogens (tertiary/aromatic N) is 1. The summed E-state index contributed by atoms with van der Waals surface area (Å²) in [6.07, 6.45) is 1.63. The lowest BCUT2D eigenvalue weighted by atomic mass is 10.0. The van der Waals surface area contributed by atoms with Gasteiger partial charge < -0.3 is 5.73 Å². The summed E-state index contributed by atoms with van der Waals surface area (Å²) in [6.45, 7) is 0.519. The van der Waals surface area contributed by atoms with E-state index >= 15 is 0 Å². The van der Waals surface area contributed by atoms with Crippen LogP contribution >= 0.6 is 0 Å². The highest BCUT2D eigenvalue weighted by atomic mass is 32.2. The van der Waals surface area contributed by atoms with Crippen molar-refractivity contribution in [3.05, 3.63) is 59.7 Å². The minimum atomic E-state index is -3.39. The lowest BCUT2D eigenvalue weighted by Gasteiger charge is -2.31. The molecule has 0 bridgehead atoms. The fourth-order valence-corrected chi connectivity index (χ4v) is 4.42. The molecule has 2 aromatic carbocycles. The first kappa shape index (κ1) is 13.9. The third-order valence-corrected chi connectivity index (χ3v) is 5.52. The van der Waals surface area contributed by atoms with Crippen molar-refractivity contribution in [2.75, 3.05) is 16.6 Å². The van der Waals surface area contributed by atoms with Crippen LogP contribution in [-0.2, 0) is 22.2 Å². The van der Waals surface area contributed by atoms with Crippen molar-refractivity contribution >= 4 is 21.4 Å². The number of sulfonamides is 1. The van der Waals surface area contributed by atoms with Crippen molar-refractivity contribution in [2.24, 2.45) is 0 Å². The van der Waals surface area contributed by atoms with Gasteiger partial charge in [-0.1, -0.05) is 36.4 Å². The first-order valence-corrected chi connectivity index (χ1v) is 8.60. The summed E-state index contributed by atoms with van der Waals surface area (Å²) in [5.74, 6) is 0.0160. The SMILES string of the molecule is Nc1cccc2c1CCCN2S(=O)(=O)Cc1ccccc1. The molecule has 3 rings (SSSR count). The molecule has 2 aromatic rings. The second-order valence-corrected chi connectivity index (χ2v) is 7.16. The van der Waals surface area contributed by atoms with Gasteiger partial charge in [-0.15, -0.1) is 0 Å². The van der Waals surface area contributed by atoms with Gasteiger partial charge in [-0.3, -0.25) is 4.31 Å². The predicted octanol–water partition coefficient (Wildman–Crippen LogP) is 2.55. The Bertz CT molecular complexity index is 742. The molecule has 0 spiro atoms. The van der Waals surface area contributed by atoms with Crippen LogP contribution in [0.25, 0.3) is 0 Å². The molecule has 0 atom stereocenters. The zero-order chi connectivity index (χ0) is 14.9. The highest BCUT2D eigenvalue weighted by Crippen LogP contribution is 2.33.